The number of nitrogens with zero attached hydrogens (tertiary/aromatic N) is 5. The zero-order valence-electron chi connectivity index (χ0n) is 17.2. The zero-order valence-corrected chi connectivity index (χ0v) is 17.2. The van der Waals surface area contributed by atoms with Gasteiger partial charge in [0.1, 0.15) is 24.3 Å². The first-order valence-electron chi connectivity index (χ1n) is 10.1. The van der Waals surface area contributed by atoms with Crippen LogP contribution < -0.4 is 5.73 Å². The SMILES string of the molecule is NC(CC1C=CC=C(c2ccncn2)C1(OCc1ccccn1)c1ccncn1)C(=O)O. The summed E-state index contributed by atoms with van der Waals surface area (Å²) in [6.07, 6.45) is 13.6. The Balaban J connectivity index is 1.86. The molecule has 0 aromatic carbocycles. The number of pyridine rings is 1. The first kappa shape index (κ1) is 21.4. The first-order chi connectivity index (χ1) is 15.6. The second kappa shape index (κ2) is 9.54. The summed E-state index contributed by atoms with van der Waals surface area (Å²) in [5.41, 5.74) is 7.44. The zero-order chi connectivity index (χ0) is 22.4. The fraction of sp³-hybridized carbons (Fsp3) is 0.217. The maximum atomic E-state index is 11.6. The van der Waals surface area contributed by atoms with E-state index in [2.05, 4.69) is 24.9 Å². The monoisotopic (exact) mass is 430 g/mol. The van der Waals surface area contributed by atoms with Gasteiger partial charge in [-0.15, -0.1) is 0 Å². The van der Waals surface area contributed by atoms with Crippen molar-refractivity contribution in [2.45, 2.75) is 24.7 Å². The van der Waals surface area contributed by atoms with Crippen molar-refractivity contribution in [3.05, 3.63) is 96.9 Å². The van der Waals surface area contributed by atoms with Gasteiger partial charge in [0.25, 0.3) is 0 Å². The van der Waals surface area contributed by atoms with Crippen molar-refractivity contribution in [3.63, 3.8) is 0 Å². The standard InChI is InChI=1S/C23H22N6O3/c24-19(22(30)31)12-16-4-3-6-18(20-7-10-25-14-28-20)23(16,21-8-11-26-15-29-21)32-13-17-5-1-2-9-27-17/h1-11,14-16,19H,12-13,24H2,(H,30,31). The molecular weight excluding hydrogens is 408 g/mol. The van der Waals surface area contributed by atoms with Crippen LogP contribution in [-0.4, -0.2) is 42.0 Å². The van der Waals surface area contributed by atoms with Crippen LogP contribution in [0.1, 0.15) is 23.5 Å². The second-order valence-electron chi connectivity index (χ2n) is 7.29. The summed E-state index contributed by atoms with van der Waals surface area (Å²) in [4.78, 5) is 32.9. The molecule has 1 aliphatic rings. The van der Waals surface area contributed by atoms with Crippen molar-refractivity contribution in [3.8, 4) is 0 Å². The minimum Gasteiger partial charge on any atom is -0.480 e. The number of aliphatic carboxylic acids is 1. The van der Waals surface area contributed by atoms with Gasteiger partial charge in [-0.1, -0.05) is 24.3 Å². The molecule has 1 aliphatic carbocycles. The lowest BCUT2D eigenvalue weighted by Crippen LogP contribution is -2.45. The highest BCUT2D eigenvalue weighted by Crippen LogP contribution is 2.48. The number of rotatable bonds is 8. The highest BCUT2D eigenvalue weighted by atomic mass is 16.5. The molecule has 3 aromatic heterocycles. The molecule has 0 amide bonds. The van der Waals surface area contributed by atoms with E-state index in [0.29, 0.717) is 11.4 Å². The van der Waals surface area contributed by atoms with Crippen LogP contribution in [0.3, 0.4) is 0 Å². The van der Waals surface area contributed by atoms with E-state index in [1.807, 2.05) is 36.4 Å². The van der Waals surface area contributed by atoms with Gasteiger partial charge in [0.15, 0.2) is 0 Å². The van der Waals surface area contributed by atoms with Gasteiger partial charge < -0.3 is 15.6 Å². The average molecular weight is 430 g/mol. The van der Waals surface area contributed by atoms with Gasteiger partial charge in [-0.25, -0.2) is 19.9 Å². The second-order valence-corrected chi connectivity index (χ2v) is 7.29. The molecule has 32 heavy (non-hydrogen) atoms. The number of carbonyl (C=O) groups is 1. The fourth-order valence-corrected chi connectivity index (χ4v) is 3.86. The minimum atomic E-state index is -1.17. The third kappa shape index (κ3) is 4.29. The number of carboxylic acid groups (broad SMARTS) is 1. The molecule has 4 rings (SSSR count). The van der Waals surface area contributed by atoms with Crippen LogP contribution >= 0.6 is 0 Å². The van der Waals surface area contributed by atoms with E-state index >= 15 is 0 Å². The molecule has 0 saturated heterocycles. The molecule has 0 aliphatic heterocycles. The molecule has 3 heterocycles. The molecule has 9 heteroatoms. The van der Waals surface area contributed by atoms with Gasteiger partial charge in [0, 0.05) is 30.1 Å². The summed E-state index contributed by atoms with van der Waals surface area (Å²) in [6, 6.07) is 8.01. The predicted octanol–water partition coefficient (Wildman–Crippen LogP) is 2.15. The number of ether oxygens (including phenoxy) is 1. The van der Waals surface area contributed by atoms with Crippen LogP contribution in [-0.2, 0) is 21.7 Å². The van der Waals surface area contributed by atoms with Crippen molar-refractivity contribution in [1.29, 1.82) is 0 Å². The lowest BCUT2D eigenvalue weighted by molar-refractivity contribution is -0.139. The Hall–Kier alpha value is -3.82. The molecule has 9 nitrogen and oxygen atoms in total. The fourth-order valence-electron chi connectivity index (χ4n) is 3.86. The van der Waals surface area contributed by atoms with Gasteiger partial charge >= 0.3 is 5.97 Å². The Labute approximate surface area is 184 Å². The quantitative estimate of drug-likeness (QED) is 0.550. The molecule has 0 saturated carbocycles. The largest absolute Gasteiger partial charge is 0.480 e. The van der Waals surface area contributed by atoms with E-state index in [9.17, 15) is 9.90 Å². The van der Waals surface area contributed by atoms with E-state index < -0.39 is 23.5 Å². The number of hydrogen-bond donors (Lipinski definition) is 2. The van der Waals surface area contributed by atoms with E-state index in [0.717, 1.165) is 11.3 Å². The van der Waals surface area contributed by atoms with Crippen molar-refractivity contribution >= 4 is 11.5 Å². The van der Waals surface area contributed by atoms with E-state index in [4.69, 9.17) is 10.5 Å². The molecule has 3 unspecified atom stereocenters. The highest BCUT2D eigenvalue weighted by molar-refractivity contribution is 5.76. The van der Waals surface area contributed by atoms with E-state index in [1.54, 1.807) is 30.7 Å². The summed E-state index contributed by atoms with van der Waals surface area (Å²) in [6.45, 7) is 0.167. The molecule has 3 atom stereocenters. The number of aromatic nitrogens is 5. The van der Waals surface area contributed by atoms with E-state index in [1.165, 1.54) is 12.7 Å². The third-order valence-electron chi connectivity index (χ3n) is 5.35. The van der Waals surface area contributed by atoms with Crippen molar-refractivity contribution in [2.75, 3.05) is 0 Å². The van der Waals surface area contributed by atoms with Crippen LogP contribution in [0.15, 0.2) is 79.8 Å². The van der Waals surface area contributed by atoms with Crippen LogP contribution in [0, 0.1) is 5.92 Å². The summed E-state index contributed by atoms with van der Waals surface area (Å²) in [5, 5.41) is 9.48. The summed E-state index contributed by atoms with van der Waals surface area (Å²) in [7, 11) is 0. The normalized spacial score (nSPS) is 21.0. The van der Waals surface area contributed by atoms with Crippen LogP contribution in [0.25, 0.3) is 5.57 Å². The Morgan fingerprint density at radius 2 is 1.91 bits per heavy atom. The molecule has 162 valence electrons. The number of nitrogens with two attached hydrogens (primary N) is 1. The van der Waals surface area contributed by atoms with Gasteiger partial charge in [0.2, 0.25) is 0 Å². The van der Waals surface area contributed by atoms with Crippen LogP contribution in [0.4, 0.5) is 0 Å². The van der Waals surface area contributed by atoms with Gasteiger partial charge in [-0.05, 0) is 30.7 Å². The molecule has 0 radical (unpaired) electrons. The van der Waals surface area contributed by atoms with Gasteiger partial charge in [0.05, 0.1) is 23.7 Å². The molecular formula is C23H22N6O3. The highest BCUT2D eigenvalue weighted by Gasteiger charge is 2.48. The summed E-state index contributed by atoms with van der Waals surface area (Å²) < 4.78 is 6.62. The Morgan fingerprint density at radius 1 is 1.09 bits per heavy atom. The van der Waals surface area contributed by atoms with Gasteiger partial charge in [-0.2, -0.15) is 0 Å². The lowest BCUT2D eigenvalue weighted by atomic mass is 9.71. The molecule has 0 bridgehead atoms. The number of allylic oxidation sites excluding steroid dienone is 2. The smallest absolute Gasteiger partial charge is 0.320 e. The van der Waals surface area contributed by atoms with Crippen LogP contribution in [0.2, 0.25) is 0 Å². The van der Waals surface area contributed by atoms with E-state index in [-0.39, 0.29) is 13.0 Å². The summed E-state index contributed by atoms with van der Waals surface area (Å²) >= 11 is 0. The van der Waals surface area contributed by atoms with Crippen LogP contribution in [0.5, 0.6) is 0 Å². The molecule has 0 spiro atoms. The number of hydrogen-bond acceptors (Lipinski definition) is 8. The molecule has 3 N–H and O–H groups in total. The minimum absolute atomic E-state index is 0.125. The topological polar surface area (TPSA) is 137 Å². The first-order valence-corrected chi connectivity index (χ1v) is 10.1. The maximum Gasteiger partial charge on any atom is 0.320 e. The summed E-state index contributed by atoms with van der Waals surface area (Å²) in [5.74, 6) is -1.53. The Morgan fingerprint density at radius 3 is 2.56 bits per heavy atom. The maximum absolute atomic E-state index is 11.6. The molecule has 3 aromatic rings. The third-order valence-corrected chi connectivity index (χ3v) is 5.35. The van der Waals surface area contributed by atoms with Crippen molar-refractivity contribution in [1.82, 2.24) is 24.9 Å². The predicted molar refractivity (Wildman–Crippen MR) is 116 cm³/mol. The molecule has 0 fully saturated rings. The Bertz CT molecular complexity index is 1110. The van der Waals surface area contributed by atoms with Crippen molar-refractivity contribution in [2.24, 2.45) is 11.7 Å². The Kier molecular flexibility index (Phi) is 6.39. The number of carboxylic acids is 1. The average Bonchev–Trinajstić information content (AvgIpc) is 2.85. The van der Waals surface area contributed by atoms with Gasteiger partial charge in [-0.3, -0.25) is 9.78 Å². The lowest BCUT2D eigenvalue weighted by Gasteiger charge is -2.42. The van der Waals surface area contributed by atoms with Crippen molar-refractivity contribution < 1.29 is 14.6 Å².